The normalized spacial score (nSPS) is 15.4. The van der Waals surface area contributed by atoms with E-state index in [9.17, 15) is 9.59 Å². The van der Waals surface area contributed by atoms with Gasteiger partial charge in [-0.1, -0.05) is 79.6 Å². The van der Waals surface area contributed by atoms with Gasteiger partial charge >= 0.3 is 6.09 Å². The summed E-state index contributed by atoms with van der Waals surface area (Å²) in [4.78, 5) is 30.7. The topological polar surface area (TPSA) is 84.1 Å². The molecule has 1 heterocycles. The molecule has 0 unspecified atom stereocenters. The molecule has 1 aliphatic rings. The number of hydrogen-bond donors (Lipinski definition) is 2. The van der Waals surface area contributed by atoms with Gasteiger partial charge in [0.15, 0.2) is 5.78 Å². The minimum Gasteiger partial charge on any atom is -0.453 e. The Labute approximate surface area is 219 Å². The molecule has 37 heavy (non-hydrogen) atoms. The van der Waals surface area contributed by atoms with Crippen molar-refractivity contribution >= 4 is 28.9 Å². The molecule has 2 aromatic carbocycles. The summed E-state index contributed by atoms with van der Waals surface area (Å²) in [6.45, 7) is 9.10. The number of aromatic nitrogens is 2. The van der Waals surface area contributed by atoms with Gasteiger partial charge in [0.1, 0.15) is 0 Å². The van der Waals surface area contributed by atoms with Crippen molar-refractivity contribution in [1.82, 2.24) is 9.97 Å². The van der Waals surface area contributed by atoms with Crippen molar-refractivity contribution in [2.75, 3.05) is 12.4 Å². The highest BCUT2D eigenvalue weighted by Gasteiger charge is 2.13. The second-order valence-corrected chi connectivity index (χ2v) is 10.1. The maximum absolute atomic E-state index is 12.4. The molecule has 0 atom stereocenters. The number of rotatable bonds is 3. The first-order valence-electron chi connectivity index (χ1n) is 12.6. The SMILES string of the molecule is CC1=CCCC(C)=CCC(C)(C)C=CC1.COC(=O)Nc1nc2ccc(C(=O)c3ccccc3)cc2[nH]1. The number of carbonyl (C=O) groups is 2. The van der Waals surface area contributed by atoms with Gasteiger partial charge in [0.25, 0.3) is 0 Å². The molecule has 3 aromatic rings. The third-order valence-electron chi connectivity index (χ3n) is 6.20. The molecule has 1 aliphatic carbocycles. The van der Waals surface area contributed by atoms with Crippen LogP contribution in [0.15, 0.2) is 84.0 Å². The molecule has 0 fully saturated rings. The Balaban J connectivity index is 0.000000222. The number of ketones is 1. The molecule has 0 radical (unpaired) electrons. The Bertz CT molecular complexity index is 1310. The highest BCUT2D eigenvalue weighted by molar-refractivity contribution is 6.10. The van der Waals surface area contributed by atoms with Crippen molar-refractivity contribution in [3.8, 4) is 0 Å². The van der Waals surface area contributed by atoms with E-state index in [0.717, 1.165) is 12.8 Å². The number of ether oxygens (including phenoxy) is 1. The zero-order chi connectivity index (χ0) is 26.8. The fourth-order valence-electron chi connectivity index (χ4n) is 3.91. The first-order chi connectivity index (χ1) is 17.7. The van der Waals surface area contributed by atoms with Crippen LogP contribution in [0.3, 0.4) is 0 Å². The highest BCUT2D eigenvalue weighted by atomic mass is 16.5. The zero-order valence-electron chi connectivity index (χ0n) is 22.4. The zero-order valence-corrected chi connectivity index (χ0v) is 22.4. The van der Waals surface area contributed by atoms with E-state index >= 15 is 0 Å². The molecule has 0 saturated carbocycles. The van der Waals surface area contributed by atoms with Crippen LogP contribution in [0.25, 0.3) is 11.0 Å². The molecule has 2 N–H and O–H groups in total. The van der Waals surface area contributed by atoms with Gasteiger partial charge in [0.05, 0.1) is 18.1 Å². The molecular weight excluding hydrogens is 462 g/mol. The fraction of sp³-hybridized carbons (Fsp3) is 0.323. The van der Waals surface area contributed by atoms with Gasteiger partial charge in [-0.05, 0) is 63.1 Å². The Hall–Kier alpha value is -3.93. The molecule has 6 heteroatoms. The number of fused-ring (bicyclic) bond motifs is 1. The molecule has 0 aliphatic heterocycles. The molecule has 1 aromatic heterocycles. The number of nitrogens with zero attached hydrogens (tertiary/aromatic N) is 1. The number of imidazole rings is 1. The number of benzene rings is 2. The number of methoxy groups -OCH3 is 1. The van der Waals surface area contributed by atoms with Gasteiger partial charge in [-0.15, -0.1) is 0 Å². The summed E-state index contributed by atoms with van der Waals surface area (Å²) in [6.07, 6.45) is 13.5. The highest BCUT2D eigenvalue weighted by Crippen LogP contribution is 2.26. The van der Waals surface area contributed by atoms with Gasteiger partial charge in [-0.3, -0.25) is 10.1 Å². The van der Waals surface area contributed by atoms with E-state index in [1.54, 1.807) is 30.3 Å². The van der Waals surface area contributed by atoms with E-state index in [2.05, 4.69) is 72.0 Å². The van der Waals surface area contributed by atoms with E-state index in [4.69, 9.17) is 0 Å². The third kappa shape index (κ3) is 8.60. The van der Waals surface area contributed by atoms with Crippen molar-refractivity contribution in [3.63, 3.8) is 0 Å². The van der Waals surface area contributed by atoms with Crippen molar-refractivity contribution in [2.24, 2.45) is 5.41 Å². The van der Waals surface area contributed by atoms with Crippen LogP contribution in [-0.2, 0) is 4.74 Å². The van der Waals surface area contributed by atoms with E-state index in [-0.39, 0.29) is 11.7 Å². The summed E-state index contributed by atoms with van der Waals surface area (Å²) in [5.74, 6) is 0.200. The molecule has 0 bridgehead atoms. The molecule has 0 saturated heterocycles. The van der Waals surface area contributed by atoms with Crippen LogP contribution in [0.5, 0.6) is 0 Å². The number of carbonyl (C=O) groups excluding carboxylic acids is 2. The van der Waals surface area contributed by atoms with Crippen molar-refractivity contribution in [2.45, 2.75) is 53.4 Å². The second-order valence-electron chi connectivity index (χ2n) is 10.1. The number of anilines is 1. The predicted octanol–water partition coefficient (Wildman–Crippen LogP) is 8.01. The van der Waals surface area contributed by atoms with Crippen molar-refractivity contribution in [3.05, 3.63) is 95.1 Å². The third-order valence-corrected chi connectivity index (χ3v) is 6.20. The van der Waals surface area contributed by atoms with Gasteiger partial charge in [0.2, 0.25) is 5.95 Å². The van der Waals surface area contributed by atoms with E-state index in [0.29, 0.717) is 27.6 Å². The van der Waals surface area contributed by atoms with Crippen molar-refractivity contribution in [1.29, 1.82) is 0 Å². The molecule has 194 valence electrons. The number of amides is 1. The monoisotopic (exact) mass is 499 g/mol. The van der Waals surface area contributed by atoms with Gasteiger partial charge in [-0.2, -0.15) is 0 Å². The molecule has 1 amide bonds. The summed E-state index contributed by atoms with van der Waals surface area (Å²) >= 11 is 0. The lowest BCUT2D eigenvalue weighted by atomic mass is 9.87. The van der Waals surface area contributed by atoms with E-state index in [1.807, 2.05) is 18.2 Å². The Morgan fingerprint density at radius 1 is 1.00 bits per heavy atom. The molecule has 0 spiro atoms. The van der Waals surface area contributed by atoms with Crippen LogP contribution in [-0.4, -0.2) is 29.0 Å². The van der Waals surface area contributed by atoms with Gasteiger partial charge < -0.3 is 9.72 Å². The maximum atomic E-state index is 12.4. The number of allylic oxidation sites excluding steroid dienone is 6. The molecular formula is C31H37N3O3. The average Bonchev–Trinajstić information content (AvgIpc) is 3.28. The molecule has 4 rings (SSSR count). The van der Waals surface area contributed by atoms with Crippen LogP contribution >= 0.6 is 0 Å². The predicted molar refractivity (Wildman–Crippen MR) is 151 cm³/mol. The summed E-state index contributed by atoms with van der Waals surface area (Å²) < 4.78 is 4.51. The van der Waals surface area contributed by atoms with Crippen LogP contribution in [0.4, 0.5) is 10.7 Å². The summed E-state index contributed by atoms with van der Waals surface area (Å²) in [5, 5.41) is 2.45. The number of nitrogens with one attached hydrogen (secondary N) is 2. The van der Waals surface area contributed by atoms with E-state index < -0.39 is 6.09 Å². The average molecular weight is 500 g/mol. The van der Waals surface area contributed by atoms with Crippen LogP contribution in [0.1, 0.15) is 69.3 Å². The van der Waals surface area contributed by atoms with Crippen LogP contribution in [0.2, 0.25) is 0 Å². The first kappa shape index (κ1) is 27.7. The summed E-state index contributed by atoms with van der Waals surface area (Å²) in [5.41, 5.74) is 5.82. The fourth-order valence-corrected chi connectivity index (χ4v) is 3.91. The summed E-state index contributed by atoms with van der Waals surface area (Å²) in [6, 6.07) is 14.2. The lowest BCUT2D eigenvalue weighted by molar-refractivity contribution is 0.103. The minimum absolute atomic E-state index is 0.0698. The largest absolute Gasteiger partial charge is 0.453 e. The lowest BCUT2D eigenvalue weighted by Crippen LogP contribution is -2.11. The minimum atomic E-state index is -0.611. The standard InChI is InChI=1S/C16H13N3O3.C15H24/c1-22-16(21)19-15-17-12-8-7-11(9-13(12)18-15)14(20)10-5-3-2-4-6-10;1-13-7-5-8-14(2)10-12-15(3,4)11-6-9-13/h2-9H,1H3,(H2,17,18,19,21);6-7,10-11H,5,8-9,12H2,1-4H3. The van der Waals surface area contributed by atoms with Gasteiger partial charge in [0, 0.05) is 11.1 Å². The Morgan fingerprint density at radius 3 is 2.49 bits per heavy atom. The number of hydrogen-bond acceptors (Lipinski definition) is 4. The van der Waals surface area contributed by atoms with Gasteiger partial charge in [-0.25, -0.2) is 9.78 Å². The van der Waals surface area contributed by atoms with E-state index in [1.165, 1.54) is 31.1 Å². The van der Waals surface area contributed by atoms with Crippen molar-refractivity contribution < 1.29 is 14.3 Å². The Morgan fingerprint density at radius 2 is 1.76 bits per heavy atom. The smallest absolute Gasteiger partial charge is 0.413 e. The van der Waals surface area contributed by atoms with Crippen LogP contribution in [0, 0.1) is 5.41 Å². The lowest BCUT2D eigenvalue weighted by Gasteiger charge is -2.18. The first-order valence-corrected chi connectivity index (χ1v) is 12.6. The number of aromatic amines is 1. The quantitative estimate of drug-likeness (QED) is 0.282. The van der Waals surface area contributed by atoms with Crippen LogP contribution < -0.4 is 5.32 Å². The molecule has 6 nitrogen and oxygen atoms in total. The Kier molecular flexibility index (Phi) is 9.61. The second kappa shape index (κ2) is 12.9. The summed E-state index contributed by atoms with van der Waals surface area (Å²) in [7, 11) is 1.27. The number of H-pyrrole nitrogens is 1. The maximum Gasteiger partial charge on any atom is 0.413 e.